The van der Waals surface area contributed by atoms with Gasteiger partial charge in [-0.15, -0.1) is 0 Å². The molecule has 7 heteroatoms. The second-order valence-corrected chi connectivity index (χ2v) is 8.26. The molecule has 0 aliphatic carbocycles. The lowest BCUT2D eigenvalue weighted by Crippen LogP contribution is -2.47. The number of amides is 2. The van der Waals surface area contributed by atoms with E-state index >= 15 is 0 Å². The van der Waals surface area contributed by atoms with E-state index in [-0.39, 0.29) is 11.8 Å². The molecular weight excluding hydrogens is 409 g/mol. The van der Waals surface area contributed by atoms with Gasteiger partial charge in [0.25, 0.3) is 11.8 Å². The van der Waals surface area contributed by atoms with Crippen molar-refractivity contribution in [2.24, 2.45) is 0 Å². The highest BCUT2D eigenvalue weighted by Gasteiger charge is 2.43. The van der Waals surface area contributed by atoms with E-state index in [4.69, 9.17) is 4.74 Å². The quantitative estimate of drug-likeness (QED) is 0.647. The monoisotopic (exact) mass is 437 g/mol. The number of rotatable bonds is 6. The van der Waals surface area contributed by atoms with Crippen LogP contribution in [0, 0.1) is 5.82 Å². The highest BCUT2D eigenvalue weighted by molar-refractivity contribution is 6.45. The number of nitrogens with zero attached hydrogens (tertiary/aromatic N) is 3. The topological polar surface area (TPSA) is 53.1 Å². The maximum Gasteiger partial charge on any atom is 0.282 e. The van der Waals surface area contributed by atoms with E-state index in [1.165, 1.54) is 18.2 Å². The molecule has 1 fully saturated rings. The van der Waals surface area contributed by atoms with Crippen molar-refractivity contribution >= 4 is 23.1 Å². The lowest BCUT2D eigenvalue weighted by atomic mass is 10.0. The summed E-state index contributed by atoms with van der Waals surface area (Å²) in [5.41, 5.74) is 1.61. The summed E-state index contributed by atoms with van der Waals surface area (Å²) in [6.07, 6.45) is 0.0312. The first-order chi connectivity index (χ1) is 15.4. The van der Waals surface area contributed by atoms with Crippen LogP contribution >= 0.6 is 0 Å². The summed E-state index contributed by atoms with van der Waals surface area (Å²) < 4.78 is 19.6. The number of ether oxygens (including phenoxy) is 1. The fraction of sp³-hybridized carbons (Fsp3) is 0.360. The number of benzene rings is 2. The molecule has 2 aromatic carbocycles. The minimum atomic E-state index is -0.496. The number of carbonyl (C=O) groups excluding carboxylic acids is 2. The molecule has 0 radical (unpaired) electrons. The molecular formula is C25H28FN3O3. The maximum atomic E-state index is 13.9. The number of hydrogen-bond donors (Lipinski definition) is 0. The molecule has 0 spiro atoms. The van der Waals surface area contributed by atoms with Gasteiger partial charge in [0.05, 0.1) is 17.4 Å². The van der Waals surface area contributed by atoms with Gasteiger partial charge in [-0.25, -0.2) is 9.29 Å². The lowest BCUT2D eigenvalue weighted by Gasteiger charge is -2.36. The van der Waals surface area contributed by atoms with Crippen LogP contribution in [-0.2, 0) is 9.59 Å². The van der Waals surface area contributed by atoms with Crippen molar-refractivity contribution in [3.05, 3.63) is 65.6 Å². The first-order valence-corrected chi connectivity index (χ1v) is 11.0. The van der Waals surface area contributed by atoms with Crippen LogP contribution < -0.4 is 9.64 Å². The Hall–Kier alpha value is -3.19. The van der Waals surface area contributed by atoms with E-state index in [2.05, 4.69) is 11.8 Å². The van der Waals surface area contributed by atoms with Gasteiger partial charge >= 0.3 is 0 Å². The largest absolute Gasteiger partial charge is 0.491 e. The summed E-state index contributed by atoms with van der Waals surface area (Å²) >= 11 is 0. The third-order valence-corrected chi connectivity index (χ3v) is 5.78. The molecule has 6 nitrogen and oxygen atoms in total. The molecule has 2 heterocycles. The Labute approximate surface area is 187 Å². The Morgan fingerprint density at radius 1 is 0.969 bits per heavy atom. The smallest absolute Gasteiger partial charge is 0.282 e. The molecule has 2 amide bonds. The van der Waals surface area contributed by atoms with E-state index in [1.54, 1.807) is 30.3 Å². The van der Waals surface area contributed by atoms with Crippen molar-refractivity contribution in [1.29, 1.82) is 0 Å². The predicted molar refractivity (Wildman–Crippen MR) is 122 cm³/mol. The van der Waals surface area contributed by atoms with Crippen LogP contribution in [0.1, 0.15) is 26.3 Å². The zero-order chi connectivity index (χ0) is 22.8. The molecule has 2 aliphatic heterocycles. The van der Waals surface area contributed by atoms with Crippen LogP contribution in [-0.4, -0.2) is 60.4 Å². The van der Waals surface area contributed by atoms with E-state index in [0.717, 1.165) is 24.5 Å². The Kier molecular flexibility index (Phi) is 6.28. The summed E-state index contributed by atoms with van der Waals surface area (Å²) in [6.45, 7) is 9.87. The summed E-state index contributed by atoms with van der Waals surface area (Å²) in [7, 11) is 0. The Morgan fingerprint density at radius 2 is 1.66 bits per heavy atom. The average Bonchev–Trinajstić information content (AvgIpc) is 3.04. The van der Waals surface area contributed by atoms with Gasteiger partial charge in [-0.2, -0.15) is 0 Å². The number of hydrogen-bond acceptors (Lipinski definition) is 5. The van der Waals surface area contributed by atoms with Crippen LogP contribution in [0.15, 0.2) is 54.2 Å². The summed E-state index contributed by atoms with van der Waals surface area (Å²) in [5.74, 6) is -0.653. The molecule has 0 atom stereocenters. The van der Waals surface area contributed by atoms with Gasteiger partial charge in [0.1, 0.15) is 17.3 Å². The molecule has 0 N–H and O–H groups in total. The van der Waals surface area contributed by atoms with Gasteiger partial charge < -0.3 is 14.5 Å². The third-order valence-electron chi connectivity index (χ3n) is 5.78. The predicted octanol–water partition coefficient (Wildman–Crippen LogP) is 3.53. The zero-order valence-corrected chi connectivity index (χ0v) is 18.7. The average molecular weight is 438 g/mol. The number of piperazine rings is 1. The van der Waals surface area contributed by atoms with Crippen molar-refractivity contribution in [1.82, 2.24) is 9.80 Å². The minimum Gasteiger partial charge on any atom is -0.491 e. The van der Waals surface area contributed by atoms with Crippen LogP contribution in [0.4, 0.5) is 10.1 Å². The summed E-state index contributed by atoms with van der Waals surface area (Å²) in [6, 6.07) is 12.8. The highest BCUT2D eigenvalue weighted by Crippen LogP contribution is 2.36. The van der Waals surface area contributed by atoms with E-state index in [1.807, 2.05) is 18.7 Å². The normalized spacial score (nSPS) is 17.7. The molecule has 32 heavy (non-hydrogen) atoms. The second kappa shape index (κ2) is 9.12. The van der Waals surface area contributed by atoms with Gasteiger partial charge in [-0.1, -0.05) is 25.1 Å². The van der Waals surface area contributed by atoms with Gasteiger partial charge in [0.15, 0.2) is 0 Å². The van der Waals surface area contributed by atoms with E-state index in [9.17, 15) is 14.0 Å². The molecule has 0 aromatic heterocycles. The molecule has 0 unspecified atom stereocenters. The Balaban J connectivity index is 1.74. The molecule has 2 aliphatic rings. The van der Waals surface area contributed by atoms with Crippen LogP contribution in [0.5, 0.6) is 5.75 Å². The number of anilines is 1. The highest BCUT2D eigenvalue weighted by atomic mass is 19.1. The number of halogens is 1. The molecule has 1 saturated heterocycles. The fourth-order valence-electron chi connectivity index (χ4n) is 4.18. The van der Waals surface area contributed by atoms with Gasteiger partial charge in [0.2, 0.25) is 0 Å². The van der Waals surface area contributed by atoms with Crippen LogP contribution in [0.25, 0.3) is 5.57 Å². The maximum absolute atomic E-state index is 13.9. The zero-order valence-electron chi connectivity index (χ0n) is 18.7. The minimum absolute atomic E-state index is 0.0312. The van der Waals surface area contributed by atoms with Crippen LogP contribution in [0.3, 0.4) is 0 Å². The molecule has 2 aromatic rings. The molecule has 4 rings (SSSR count). The molecule has 0 bridgehead atoms. The standard InChI is InChI=1S/C25H28FN3O3/c1-4-27-12-14-28(15-13-27)23-22(18-8-10-21(11-9-18)32-17(2)3)24(30)29(25(23)31)20-7-5-6-19(26)16-20/h5-11,16-17H,4,12-15H2,1-3H3. The Morgan fingerprint density at radius 3 is 2.25 bits per heavy atom. The fourth-order valence-corrected chi connectivity index (χ4v) is 4.18. The Bertz CT molecular complexity index is 1040. The van der Waals surface area contributed by atoms with Crippen molar-refractivity contribution in [3.63, 3.8) is 0 Å². The van der Waals surface area contributed by atoms with Crippen molar-refractivity contribution in [2.75, 3.05) is 37.6 Å². The van der Waals surface area contributed by atoms with Crippen molar-refractivity contribution < 1.29 is 18.7 Å². The van der Waals surface area contributed by atoms with Crippen molar-refractivity contribution in [3.8, 4) is 5.75 Å². The third kappa shape index (κ3) is 4.25. The van der Waals surface area contributed by atoms with E-state index in [0.29, 0.717) is 35.7 Å². The van der Waals surface area contributed by atoms with Gasteiger partial charge in [0, 0.05) is 26.2 Å². The van der Waals surface area contributed by atoms with Crippen LogP contribution in [0.2, 0.25) is 0 Å². The summed E-state index contributed by atoms with van der Waals surface area (Å²) in [5, 5.41) is 0. The number of carbonyl (C=O) groups is 2. The van der Waals surface area contributed by atoms with Gasteiger partial charge in [-0.05, 0) is 56.3 Å². The molecule has 0 saturated carbocycles. The first-order valence-electron chi connectivity index (χ1n) is 11.0. The van der Waals surface area contributed by atoms with Gasteiger partial charge in [-0.3, -0.25) is 9.59 Å². The molecule has 168 valence electrons. The van der Waals surface area contributed by atoms with E-state index < -0.39 is 17.6 Å². The van der Waals surface area contributed by atoms with Crippen molar-refractivity contribution in [2.45, 2.75) is 26.9 Å². The SMILES string of the molecule is CCN1CCN(C2=C(c3ccc(OC(C)C)cc3)C(=O)N(c3cccc(F)c3)C2=O)CC1. The summed E-state index contributed by atoms with van der Waals surface area (Å²) in [4.78, 5) is 32.4. The number of likely N-dealkylation sites (N-methyl/N-ethyl adjacent to an activating group) is 1. The second-order valence-electron chi connectivity index (χ2n) is 8.26. The first kappa shape index (κ1) is 22.0. The number of imide groups is 1. The lowest BCUT2D eigenvalue weighted by molar-refractivity contribution is -0.120.